The highest BCUT2D eigenvalue weighted by Crippen LogP contribution is 2.16. The van der Waals surface area contributed by atoms with Crippen LogP contribution in [-0.2, 0) is 11.3 Å². The van der Waals surface area contributed by atoms with Gasteiger partial charge in [0.15, 0.2) is 6.10 Å². The van der Waals surface area contributed by atoms with Crippen molar-refractivity contribution in [2.45, 2.75) is 12.6 Å². The third-order valence-corrected chi connectivity index (χ3v) is 3.00. The summed E-state index contributed by atoms with van der Waals surface area (Å²) in [5, 5.41) is 12.5. The average Bonchev–Trinajstić information content (AvgIpc) is 2.52. The van der Waals surface area contributed by atoms with Gasteiger partial charge in [-0.05, 0) is 23.3 Å². The summed E-state index contributed by atoms with van der Waals surface area (Å²) in [5.41, 5.74) is 1.06. The number of benzene rings is 2. The summed E-state index contributed by atoms with van der Waals surface area (Å²) in [7, 11) is 1.44. The van der Waals surface area contributed by atoms with E-state index in [0.29, 0.717) is 16.9 Å². The predicted octanol–water partition coefficient (Wildman–Crippen LogP) is 2.18. The molecule has 5 heteroatoms. The quantitative estimate of drug-likeness (QED) is 0.887. The fraction of sp³-hybridized carbons (Fsp3) is 0.188. The van der Waals surface area contributed by atoms with E-state index in [1.54, 1.807) is 36.4 Å². The maximum Gasteiger partial charge on any atom is 0.253 e. The van der Waals surface area contributed by atoms with Crippen molar-refractivity contribution >= 4 is 5.91 Å². The number of hydrogen-bond donors (Lipinski definition) is 2. The minimum atomic E-state index is -1.25. The molecule has 0 fully saturated rings. The summed E-state index contributed by atoms with van der Waals surface area (Å²) in [6.07, 6.45) is -1.25. The molecule has 1 unspecified atom stereocenters. The van der Waals surface area contributed by atoms with Gasteiger partial charge in [0.1, 0.15) is 11.6 Å². The summed E-state index contributed by atoms with van der Waals surface area (Å²) in [5.74, 6) is -0.602. The molecule has 0 saturated carbocycles. The second kappa shape index (κ2) is 6.85. The Morgan fingerprint density at radius 3 is 2.67 bits per heavy atom. The molecule has 110 valence electrons. The molecule has 0 spiro atoms. The highest BCUT2D eigenvalue weighted by molar-refractivity contribution is 5.81. The molecule has 0 aliphatic carbocycles. The second-order valence-corrected chi connectivity index (χ2v) is 4.53. The lowest BCUT2D eigenvalue weighted by Gasteiger charge is -2.12. The molecule has 0 radical (unpaired) electrons. The Balaban J connectivity index is 1.99. The first kappa shape index (κ1) is 15.0. The van der Waals surface area contributed by atoms with E-state index < -0.39 is 17.8 Å². The third-order valence-electron chi connectivity index (χ3n) is 3.00. The molecule has 0 aromatic heterocycles. The fourth-order valence-electron chi connectivity index (χ4n) is 1.91. The molecule has 0 aliphatic rings. The molecule has 1 amide bonds. The van der Waals surface area contributed by atoms with E-state index in [2.05, 4.69) is 5.32 Å². The number of halogens is 1. The van der Waals surface area contributed by atoms with Gasteiger partial charge >= 0.3 is 0 Å². The van der Waals surface area contributed by atoms with Crippen molar-refractivity contribution in [1.82, 2.24) is 5.32 Å². The Morgan fingerprint density at radius 1 is 1.29 bits per heavy atom. The summed E-state index contributed by atoms with van der Waals surface area (Å²) < 4.78 is 18.3. The van der Waals surface area contributed by atoms with Crippen LogP contribution in [0.1, 0.15) is 17.2 Å². The van der Waals surface area contributed by atoms with Crippen LogP contribution in [0.4, 0.5) is 4.39 Å². The SMILES string of the molecule is COc1cc(F)cc(CNC(=O)C(O)c2ccccc2)c1. The lowest BCUT2D eigenvalue weighted by molar-refractivity contribution is -0.129. The monoisotopic (exact) mass is 289 g/mol. The van der Waals surface area contributed by atoms with E-state index in [1.807, 2.05) is 0 Å². The topological polar surface area (TPSA) is 58.6 Å². The Hall–Kier alpha value is -2.40. The molecule has 1 atom stereocenters. The van der Waals surface area contributed by atoms with E-state index >= 15 is 0 Å². The predicted molar refractivity (Wildman–Crippen MR) is 76.2 cm³/mol. The summed E-state index contributed by atoms with van der Waals surface area (Å²) in [6.45, 7) is 0.108. The molecule has 0 aliphatic heterocycles. The lowest BCUT2D eigenvalue weighted by atomic mass is 10.1. The molecule has 0 heterocycles. The number of carbonyl (C=O) groups excluding carboxylic acids is 1. The van der Waals surface area contributed by atoms with E-state index in [-0.39, 0.29) is 6.54 Å². The largest absolute Gasteiger partial charge is 0.497 e. The fourth-order valence-corrected chi connectivity index (χ4v) is 1.91. The van der Waals surface area contributed by atoms with Gasteiger partial charge in [-0.15, -0.1) is 0 Å². The molecule has 2 aromatic rings. The van der Waals surface area contributed by atoms with Crippen molar-refractivity contribution in [3.8, 4) is 5.75 Å². The van der Waals surface area contributed by atoms with E-state index in [4.69, 9.17) is 4.74 Å². The normalized spacial score (nSPS) is 11.8. The number of aliphatic hydroxyl groups excluding tert-OH is 1. The van der Waals surface area contributed by atoms with Crippen LogP contribution < -0.4 is 10.1 Å². The van der Waals surface area contributed by atoms with Crippen LogP contribution in [0.15, 0.2) is 48.5 Å². The highest BCUT2D eigenvalue weighted by atomic mass is 19.1. The van der Waals surface area contributed by atoms with Crippen LogP contribution in [0.2, 0.25) is 0 Å². The molecule has 4 nitrogen and oxygen atoms in total. The van der Waals surface area contributed by atoms with Crippen LogP contribution in [0.3, 0.4) is 0 Å². The number of aliphatic hydroxyl groups is 1. The van der Waals surface area contributed by atoms with Gasteiger partial charge in [0.05, 0.1) is 7.11 Å². The smallest absolute Gasteiger partial charge is 0.253 e. The van der Waals surface area contributed by atoms with Gasteiger partial charge in [0.2, 0.25) is 0 Å². The number of ether oxygens (including phenoxy) is 1. The van der Waals surface area contributed by atoms with E-state index in [9.17, 15) is 14.3 Å². The van der Waals surface area contributed by atoms with Gasteiger partial charge < -0.3 is 15.2 Å². The number of methoxy groups -OCH3 is 1. The van der Waals surface area contributed by atoms with E-state index in [1.165, 1.54) is 19.2 Å². The summed E-state index contributed by atoms with van der Waals surface area (Å²) >= 11 is 0. The first-order chi connectivity index (χ1) is 10.1. The Kier molecular flexibility index (Phi) is 4.90. The van der Waals surface area contributed by atoms with Crippen LogP contribution in [0.25, 0.3) is 0 Å². The average molecular weight is 289 g/mol. The zero-order chi connectivity index (χ0) is 15.2. The van der Waals surface area contributed by atoms with Crippen molar-refractivity contribution < 1.29 is 19.0 Å². The Morgan fingerprint density at radius 2 is 2.00 bits per heavy atom. The van der Waals surface area contributed by atoms with Gasteiger partial charge in [-0.2, -0.15) is 0 Å². The minimum absolute atomic E-state index is 0.108. The van der Waals surface area contributed by atoms with Crippen LogP contribution in [-0.4, -0.2) is 18.1 Å². The Labute approximate surface area is 122 Å². The van der Waals surface area contributed by atoms with Gasteiger partial charge in [-0.1, -0.05) is 30.3 Å². The zero-order valence-electron chi connectivity index (χ0n) is 11.5. The van der Waals surface area contributed by atoms with Crippen molar-refractivity contribution in [2.24, 2.45) is 0 Å². The first-order valence-electron chi connectivity index (χ1n) is 6.44. The zero-order valence-corrected chi connectivity index (χ0v) is 11.5. The first-order valence-corrected chi connectivity index (χ1v) is 6.44. The highest BCUT2D eigenvalue weighted by Gasteiger charge is 2.16. The number of carbonyl (C=O) groups is 1. The third kappa shape index (κ3) is 4.03. The molecule has 2 N–H and O–H groups in total. The van der Waals surface area contributed by atoms with E-state index in [0.717, 1.165) is 0 Å². The standard InChI is InChI=1S/C16H16FNO3/c1-21-14-8-11(7-13(17)9-14)10-18-16(20)15(19)12-5-3-2-4-6-12/h2-9,15,19H,10H2,1H3,(H,18,20). The Bertz CT molecular complexity index is 616. The second-order valence-electron chi connectivity index (χ2n) is 4.53. The van der Waals surface area contributed by atoms with Crippen LogP contribution in [0.5, 0.6) is 5.75 Å². The molecule has 2 rings (SSSR count). The molecule has 21 heavy (non-hydrogen) atoms. The van der Waals surface area contributed by atoms with Crippen molar-refractivity contribution in [3.63, 3.8) is 0 Å². The molecule has 2 aromatic carbocycles. The van der Waals surface area contributed by atoms with Crippen LogP contribution >= 0.6 is 0 Å². The van der Waals surface area contributed by atoms with Crippen molar-refractivity contribution in [3.05, 3.63) is 65.5 Å². The summed E-state index contributed by atoms with van der Waals surface area (Å²) in [4.78, 5) is 11.9. The maximum absolute atomic E-state index is 13.3. The van der Waals surface area contributed by atoms with Gasteiger partial charge in [0.25, 0.3) is 5.91 Å². The lowest BCUT2D eigenvalue weighted by Crippen LogP contribution is -2.28. The molecule has 0 bridgehead atoms. The maximum atomic E-state index is 13.3. The van der Waals surface area contributed by atoms with Gasteiger partial charge in [-0.25, -0.2) is 4.39 Å². The number of amides is 1. The van der Waals surface area contributed by atoms with Crippen molar-refractivity contribution in [1.29, 1.82) is 0 Å². The number of hydrogen-bond acceptors (Lipinski definition) is 3. The number of rotatable bonds is 5. The van der Waals surface area contributed by atoms with Crippen LogP contribution in [0, 0.1) is 5.82 Å². The molecular weight excluding hydrogens is 273 g/mol. The number of nitrogens with one attached hydrogen (secondary N) is 1. The van der Waals surface area contributed by atoms with Crippen molar-refractivity contribution in [2.75, 3.05) is 7.11 Å². The minimum Gasteiger partial charge on any atom is -0.497 e. The van der Waals surface area contributed by atoms with Gasteiger partial charge in [0, 0.05) is 12.6 Å². The molecular formula is C16H16FNO3. The summed E-state index contributed by atoms with van der Waals surface area (Å²) in [6, 6.07) is 12.8. The molecule has 0 saturated heterocycles. The van der Waals surface area contributed by atoms with Gasteiger partial charge in [-0.3, -0.25) is 4.79 Å².